The van der Waals surface area contributed by atoms with Crippen molar-refractivity contribution >= 4 is 22.1 Å². The van der Waals surface area contributed by atoms with Gasteiger partial charge in [-0.15, -0.1) is 11.3 Å². The fraction of sp³-hybridized carbons (Fsp3) is 0.0833. The number of carbonyl (C=O) groups is 1. The van der Waals surface area contributed by atoms with Gasteiger partial charge in [0.25, 0.3) is 0 Å². The van der Waals surface area contributed by atoms with E-state index in [9.17, 15) is 4.79 Å². The van der Waals surface area contributed by atoms with Crippen LogP contribution in [-0.2, 0) is 0 Å². The zero-order valence-electron chi connectivity index (χ0n) is 8.77. The van der Waals surface area contributed by atoms with Gasteiger partial charge < -0.3 is 10.5 Å². The summed E-state index contributed by atoms with van der Waals surface area (Å²) in [6.45, 7) is 0. The highest BCUT2D eigenvalue weighted by molar-refractivity contribution is 7.14. The van der Waals surface area contributed by atoms with Gasteiger partial charge in [0.1, 0.15) is 5.75 Å². The third-order valence-electron chi connectivity index (χ3n) is 2.21. The highest BCUT2D eigenvalue weighted by Crippen LogP contribution is 2.21. The fourth-order valence-corrected chi connectivity index (χ4v) is 2.04. The number of methoxy groups -OCH3 is 1. The SMILES string of the molecule is COc1cccc(C(=O)c2csc(N)c2)c1. The van der Waals surface area contributed by atoms with Crippen molar-refractivity contribution in [3.63, 3.8) is 0 Å². The van der Waals surface area contributed by atoms with Crippen molar-refractivity contribution in [2.24, 2.45) is 0 Å². The van der Waals surface area contributed by atoms with E-state index in [2.05, 4.69) is 0 Å². The van der Waals surface area contributed by atoms with Crippen molar-refractivity contribution < 1.29 is 9.53 Å². The molecule has 1 aromatic carbocycles. The number of carbonyl (C=O) groups excluding carboxylic acids is 1. The Hall–Kier alpha value is -1.81. The maximum absolute atomic E-state index is 12.0. The van der Waals surface area contributed by atoms with Crippen LogP contribution in [0.2, 0.25) is 0 Å². The molecule has 0 saturated heterocycles. The third-order valence-corrected chi connectivity index (χ3v) is 2.98. The molecule has 4 heteroatoms. The summed E-state index contributed by atoms with van der Waals surface area (Å²) in [7, 11) is 1.58. The van der Waals surface area contributed by atoms with Crippen LogP contribution in [0.3, 0.4) is 0 Å². The number of nitrogen functional groups attached to an aromatic ring is 1. The summed E-state index contributed by atoms with van der Waals surface area (Å²) in [5.74, 6) is 0.640. The number of benzene rings is 1. The Morgan fingerprint density at radius 2 is 2.12 bits per heavy atom. The predicted molar refractivity (Wildman–Crippen MR) is 65.2 cm³/mol. The van der Waals surface area contributed by atoms with Gasteiger partial charge in [0.2, 0.25) is 0 Å². The van der Waals surface area contributed by atoms with Gasteiger partial charge >= 0.3 is 0 Å². The largest absolute Gasteiger partial charge is 0.497 e. The molecular weight excluding hydrogens is 222 g/mol. The molecule has 0 aliphatic carbocycles. The molecule has 0 amide bonds. The molecule has 3 nitrogen and oxygen atoms in total. The second-order valence-corrected chi connectivity index (χ2v) is 4.24. The Labute approximate surface area is 97.5 Å². The molecule has 1 aromatic heterocycles. The Morgan fingerprint density at radius 1 is 1.31 bits per heavy atom. The van der Waals surface area contributed by atoms with Crippen LogP contribution >= 0.6 is 11.3 Å². The van der Waals surface area contributed by atoms with Crippen LogP contribution in [0.5, 0.6) is 5.75 Å². The summed E-state index contributed by atoms with van der Waals surface area (Å²) >= 11 is 1.36. The summed E-state index contributed by atoms with van der Waals surface area (Å²) in [4.78, 5) is 12.0. The topological polar surface area (TPSA) is 52.3 Å². The third kappa shape index (κ3) is 2.06. The van der Waals surface area contributed by atoms with E-state index in [0.29, 0.717) is 21.9 Å². The number of nitrogens with two attached hydrogens (primary N) is 1. The van der Waals surface area contributed by atoms with Gasteiger partial charge in [0, 0.05) is 16.5 Å². The second-order valence-electron chi connectivity index (χ2n) is 3.30. The Kier molecular flexibility index (Phi) is 2.92. The molecule has 0 fully saturated rings. The standard InChI is InChI=1S/C12H11NO2S/c1-15-10-4-2-3-8(5-10)12(14)9-6-11(13)16-7-9/h2-7H,13H2,1H3. The first kappa shape index (κ1) is 10.7. The number of anilines is 1. The monoisotopic (exact) mass is 233 g/mol. The van der Waals surface area contributed by atoms with Crippen molar-refractivity contribution in [3.8, 4) is 5.75 Å². The minimum atomic E-state index is -0.0353. The van der Waals surface area contributed by atoms with Crippen molar-refractivity contribution in [2.75, 3.05) is 12.8 Å². The summed E-state index contributed by atoms with van der Waals surface area (Å²) in [6.07, 6.45) is 0. The van der Waals surface area contributed by atoms with Gasteiger partial charge in [0.05, 0.1) is 12.1 Å². The van der Waals surface area contributed by atoms with E-state index < -0.39 is 0 Å². The molecule has 0 saturated carbocycles. The van der Waals surface area contributed by atoms with Crippen LogP contribution in [-0.4, -0.2) is 12.9 Å². The van der Waals surface area contributed by atoms with Gasteiger partial charge in [-0.25, -0.2) is 0 Å². The number of hydrogen-bond donors (Lipinski definition) is 1. The van der Waals surface area contributed by atoms with E-state index in [1.165, 1.54) is 11.3 Å². The lowest BCUT2D eigenvalue weighted by molar-refractivity contribution is 0.103. The molecule has 0 aliphatic heterocycles. The number of ether oxygens (including phenoxy) is 1. The second kappa shape index (κ2) is 4.37. The smallest absolute Gasteiger partial charge is 0.194 e. The van der Waals surface area contributed by atoms with Crippen LogP contribution in [0.25, 0.3) is 0 Å². The maximum atomic E-state index is 12.0. The molecule has 0 aliphatic rings. The fourth-order valence-electron chi connectivity index (χ4n) is 1.40. The van der Waals surface area contributed by atoms with Gasteiger partial charge in [-0.3, -0.25) is 4.79 Å². The molecule has 1 heterocycles. The van der Waals surface area contributed by atoms with Crippen LogP contribution < -0.4 is 10.5 Å². The zero-order valence-corrected chi connectivity index (χ0v) is 9.58. The quantitative estimate of drug-likeness (QED) is 0.829. The highest BCUT2D eigenvalue weighted by Gasteiger charge is 2.11. The molecule has 0 unspecified atom stereocenters. The number of rotatable bonds is 3. The molecule has 2 rings (SSSR count). The molecule has 2 aromatic rings. The van der Waals surface area contributed by atoms with E-state index in [1.807, 2.05) is 0 Å². The summed E-state index contributed by atoms with van der Waals surface area (Å²) < 4.78 is 5.07. The Balaban J connectivity index is 2.33. The first-order chi connectivity index (χ1) is 7.70. The number of thiophene rings is 1. The van der Waals surface area contributed by atoms with Crippen LogP contribution in [0.4, 0.5) is 5.00 Å². The highest BCUT2D eigenvalue weighted by atomic mass is 32.1. The van der Waals surface area contributed by atoms with Crippen LogP contribution in [0.1, 0.15) is 15.9 Å². The molecular formula is C12H11NO2S. The molecule has 82 valence electrons. The molecule has 0 radical (unpaired) electrons. The van der Waals surface area contributed by atoms with Crippen LogP contribution in [0.15, 0.2) is 35.7 Å². The van der Waals surface area contributed by atoms with Crippen molar-refractivity contribution in [1.29, 1.82) is 0 Å². The lowest BCUT2D eigenvalue weighted by Crippen LogP contribution is -1.99. The van der Waals surface area contributed by atoms with Crippen LogP contribution in [0, 0.1) is 0 Å². The first-order valence-corrected chi connectivity index (χ1v) is 5.61. The lowest BCUT2D eigenvalue weighted by atomic mass is 10.1. The molecule has 16 heavy (non-hydrogen) atoms. The first-order valence-electron chi connectivity index (χ1n) is 4.73. The van der Waals surface area contributed by atoms with Crippen molar-refractivity contribution in [1.82, 2.24) is 0 Å². The maximum Gasteiger partial charge on any atom is 0.194 e. The van der Waals surface area contributed by atoms with E-state index in [0.717, 1.165) is 0 Å². The van der Waals surface area contributed by atoms with Gasteiger partial charge in [-0.05, 0) is 18.2 Å². The average Bonchev–Trinajstić information content (AvgIpc) is 2.75. The van der Waals surface area contributed by atoms with Gasteiger partial charge in [-0.2, -0.15) is 0 Å². The number of hydrogen-bond acceptors (Lipinski definition) is 4. The van der Waals surface area contributed by atoms with Gasteiger partial charge in [0.15, 0.2) is 5.78 Å². The average molecular weight is 233 g/mol. The Bertz CT molecular complexity index is 519. The zero-order chi connectivity index (χ0) is 11.5. The summed E-state index contributed by atoms with van der Waals surface area (Å²) in [5.41, 5.74) is 6.82. The normalized spacial score (nSPS) is 10.1. The minimum Gasteiger partial charge on any atom is -0.497 e. The van der Waals surface area contributed by atoms with E-state index >= 15 is 0 Å². The van der Waals surface area contributed by atoms with Crippen molar-refractivity contribution in [3.05, 3.63) is 46.8 Å². The Morgan fingerprint density at radius 3 is 2.75 bits per heavy atom. The van der Waals surface area contributed by atoms with E-state index in [1.54, 1.807) is 42.8 Å². The summed E-state index contributed by atoms with van der Waals surface area (Å²) in [5, 5.41) is 2.41. The lowest BCUT2D eigenvalue weighted by Gasteiger charge is -2.02. The molecule has 0 atom stereocenters. The molecule has 2 N–H and O–H groups in total. The minimum absolute atomic E-state index is 0.0353. The predicted octanol–water partition coefficient (Wildman–Crippen LogP) is 2.57. The molecule has 0 spiro atoms. The number of ketones is 1. The van der Waals surface area contributed by atoms with Gasteiger partial charge in [-0.1, -0.05) is 12.1 Å². The van der Waals surface area contributed by atoms with E-state index in [-0.39, 0.29) is 5.78 Å². The van der Waals surface area contributed by atoms with Crippen molar-refractivity contribution in [2.45, 2.75) is 0 Å². The summed E-state index contributed by atoms with van der Waals surface area (Å²) in [6, 6.07) is 8.77. The molecule has 0 bridgehead atoms. The van der Waals surface area contributed by atoms with E-state index in [4.69, 9.17) is 10.5 Å².